The monoisotopic (exact) mass is 335 g/mol. The molecule has 0 spiro atoms. The van der Waals surface area contributed by atoms with Crippen molar-refractivity contribution in [1.82, 2.24) is 9.97 Å². The fourth-order valence-electron chi connectivity index (χ4n) is 1.75. The Hall–Kier alpha value is -2.15. The van der Waals surface area contributed by atoms with Crippen LogP contribution in [-0.2, 0) is 11.2 Å². The SMILES string of the molecule is COc1cc(OC)nc(Cc2cc(NC(=O)C(C)(C)C)cs2)n1. The van der Waals surface area contributed by atoms with Gasteiger partial charge in [0.25, 0.3) is 0 Å². The largest absolute Gasteiger partial charge is 0.481 e. The molecule has 2 rings (SSSR count). The standard InChI is InChI=1S/C16H21N3O3S/c1-16(2,3)15(20)17-10-6-11(23-9-10)7-12-18-13(21-4)8-14(19-12)22-5/h6,8-9H,7H2,1-5H3,(H,17,20). The third-order valence-electron chi connectivity index (χ3n) is 3.07. The molecule has 124 valence electrons. The Bertz CT molecular complexity index is 670. The molecular formula is C16H21N3O3S. The van der Waals surface area contributed by atoms with Crippen LogP contribution in [0.3, 0.4) is 0 Å². The van der Waals surface area contributed by atoms with Gasteiger partial charge < -0.3 is 14.8 Å². The average molecular weight is 335 g/mol. The Morgan fingerprint density at radius 3 is 2.30 bits per heavy atom. The molecule has 2 aromatic rings. The zero-order chi connectivity index (χ0) is 17.0. The van der Waals surface area contributed by atoms with E-state index in [0.717, 1.165) is 10.6 Å². The minimum absolute atomic E-state index is 0.0128. The average Bonchev–Trinajstić information content (AvgIpc) is 2.92. The van der Waals surface area contributed by atoms with Crippen LogP contribution in [0.1, 0.15) is 31.5 Å². The predicted molar refractivity (Wildman–Crippen MR) is 90.3 cm³/mol. The number of hydrogen-bond donors (Lipinski definition) is 1. The normalized spacial score (nSPS) is 11.2. The van der Waals surface area contributed by atoms with Crippen LogP contribution in [0.25, 0.3) is 0 Å². The molecule has 0 saturated carbocycles. The highest BCUT2D eigenvalue weighted by Gasteiger charge is 2.21. The van der Waals surface area contributed by atoms with Gasteiger partial charge in [0.1, 0.15) is 5.82 Å². The maximum absolute atomic E-state index is 12.0. The molecule has 1 amide bonds. The summed E-state index contributed by atoms with van der Waals surface area (Å²) in [6.45, 7) is 5.64. The van der Waals surface area contributed by atoms with Crippen molar-refractivity contribution < 1.29 is 14.3 Å². The summed E-state index contributed by atoms with van der Waals surface area (Å²) in [5.74, 6) is 1.52. The third kappa shape index (κ3) is 4.66. The lowest BCUT2D eigenvalue weighted by Crippen LogP contribution is -2.27. The second kappa shape index (κ2) is 6.95. The van der Waals surface area contributed by atoms with Crippen molar-refractivity contribution in [3.05, 3.63) is 28.2 Å². The summed E-state index contributed by atoms with van der Waals surface area (Å²) < 4.78 is 10.3. The molecule has 0 bridgehead atoms. The lowest BCUT2D eigenvalue weighted by Gasteiger charge is -2.16. The van der Waals surface area contributed by atoms with Gasteiger partial charge in [0.2, 0.25) is 17.7 Å². The van der Waals surface area contributed by atoms with E-state index in [4.69, 9.17) is 9.47 Å². The number of ether oxygens (including phenoxy) is 2. The van der Waals surface area contributed by atoms with Crippen LogP contribution in [-0.4, -0.2) is 30.1 Å². The lowest BCUT2D eigenvalue weighted by atomic mass is 9.96. The van der Waals surface area contributed by atoms with Gasteiger partial charge in [0.15, 0.2) is 0 Å². The molecule has 0 saturated heterocycles. The number of hydrogen-bond acceptors (Lipinski definition) is 6. The van der Waals surface area contributed by atoms with Gasteiger partial charge in [-0.25, -0.2) is 0 Å². The van der Waals surface area contributed by atoms with Gasteiger partial charge in [-0.2, -0.15) is 9.97 Å². The van der Waals surface area contributed by atoms with Crippen molar-refractivity contribution in [2.75, 3.05) is 19.5 Å². The Morgan fingerprint density at radius 1 is 1.17 bits per heavy atom. The molecule has 0 aliphatic heterocycles. The molecule has 2 heterocycles. The molecule has 23 heavy (non-hydrogen) atoms. The number of nitrogens with zero attached hydrogens (tertiary/aromatic N) is 2. The first-order chi connectivity index (χ1) is 10.8. The van der Waals surface area contributed by atoms with E-state index in [9.17, 15) is 4.79 Å². The van der Waals surface area contributed by atoms with Crippen LogP contribution < -0.4 is 14.8 Å². The van der Waals surface area contributed by atoms with Crippen molar-refractivity contribution in [2.24, 2.45) is 5.41 Å². The second-order valence-corrected chi connectivity index (χ2v) is 7.05. The number of nitrogens with one attached hydrogen (secondary N) is 1. The smallest absolute Gasteiger partial charge is 0.229 e. The van der Waals surface area contributed by atoms with Gasteiger partial charge in [0, 0.05) is 22.1 Å². The summed E-state index contributed by atoms with van der Waals surface area (Å²) in [5, 5.41) is 4.83. The molecule has 0 aliphatic carbocycles. The number of anilines is 1. The summed E-state index contributed by atoms with van der Waals surface area (Å²) in [7, 11) is 3.10. The Morgan fingerprint density at radius 2 is 1.78 bits per heavy atom. The van der Waals surface area contributed by atoms with Crippen LogP contribution in [0.2, 0.25) is 0 Å². The fourth-order valence-corrected chi connectivity index (χ4v) is 2.56. The quantitative estimate of drug-likeness (QED) is 0.909. The van der Waals surface area contributed by atoms with Gasteiger partial charge in [-0.1, -0.05) is 20.8 Å². The molecule has 7 heteroatoms. The maximum atomic E-state index is 12.0. The van der Waals surface area contributed by atoms with Crippen LogP contribution in [0.4, 0.5) is 5.69 Å². The molecule has 0 aliphatic rings. The van der Waals surface area contributed by atoms with Crippen LogP contribution in [0.5, 0.6) is 11.8 Å². The highest BCUT2D eigenvalue weighted by molar-refractivity contribution is 7.10. The third-order valence-corrected chi connectivity index (χ3v) is 4.01. The summed E-state index contributed by atoms with van der Waals surface area (Å²) >= 11 is 1.55. The maximum Gasteiger partial charge on any atom is 0.229 e. The molecule has 6 nitrogen and oxygen atoms in total. The zero-order valence-electron chi connectivity index (χ0n) is 14.0. The zero-order valence-corrected chi connectivity index (χ0v) is 14.8. The molecule has 1 N–H and O–H groups in total. The van der Waals surface area contributed by atoms with Crippen LogP contribution in [0, 0.1) is 5.41 Å². The van der Waals surface area contributed by atoms with E-state index in [1.165, 1.54) is 0 Å². The van der Waals surface area contributed by atoms with Crippen molar-refractivity contribution in [3.63, 3.8) is 0 Å². The van der Waals surface area contributed by atoms with Gasteiger partial charge in [0.05, 0.1) is 26.0 Å². The Labute approximate surface area is 139 Å². The minimum Gasteiger partial charge on any atom is -0.481 e. The first-order valence-electron chi connectivity index (χ1n) is 7.16. The molecule has 0 atom stereocenters. The molecule has 0 aromatic carbocycles. The molecule has 0 radical (unpaired) electrons. The first kappa shape index (κ1) is 17.2. The number of thiophene rings is 1. The van der Waals surface area contributed by atoms with Gasteiger partial charge in [-0.15, -0.1) is 11.3 Å². The van der Waals surface area contributed by atoms with E-state index in [0.29, 0.717) is 24.0 Å². The number of carbonyl (C=O) groups excluding carboxylic acids is 1. The number of rotatable bonds is 5. The molecule has 0 fully saturated rings. The Balaban J connectivity index is 2.11. The van der Waals surface area contributed by atoms with Crippen molar-refractivity contribution in [3.8, 4) is 11.8 Å². The predicted octanol–water partition coefficient (Wildman–Crippen LogP) is 3.13. The Kier molecular flexibility index (Phi) is 5.20. The van der Waals surface area contributed by atoms with E-state index < -0.39 is 5.41 Å². The molecule has 0 unspecified atom stereocenters. The summed E-state index contributed by atoms with van der Waals surface area (Å²) in [5.41, 5.74) is 0.366. The van der Waals surface area contributed by atoms with Crippen molar-refractivity contribution in [1.29, 1.82) is 0 Å². The van der Waals surface area contributed by atoms with E-state index in [1.807, 2.05) is 32.2 Å². The molecular weight excluding hydrogens is 314 g/mol. The summed E-state index contributed by atoms with van der Waals surface area (Å²) in [6, 6.07) is 3.57. The number of methoxy groups -OCH3 is 2. The highest BCUT2D eigenvalue weighted by atomic mass is 32.1. The van der Waals surface area contributed by atoms with Crippen molar-refractivity contribution in [2.45, 2.75) is 27.2 Å². The van der Waals surface area contributed by atoms with Crippen LogP contribution in [0.15, 0.2) is 17.5 Å². The number of carbonyl (C=O) groups is 1. The topological polar surface area (TPSA) is 73.3 Å². The summed E-state index contributed by atoms with van der Waals surface area (Å²) in [4.78, 5) is 21.7. The lowest BCUT2D eigenvalue weighted by molar-refractivity contribution is -0.123. The van der Waals surface area contributed by atoms with Crippen molar-refractivity contribution >= 4 is 22.9 Å². The fraction of sp³-hybridized carbons (Fsp3) is 0.438. The minimum atomic E-state index is -0.425. The van der Waals surface area contributed by atoms with Gasteiger partial charge >= 0.3 is 0 Å². The van der Waals surface area contributed by atoms with E-state index in [1.54, 1.807) is 31.6 Å². The van der Waals surface area contributed by atoms with Gasteiger partial charge in [-0.05, 0) is 6.07 Å². The number of amides is 1. The van der Waals surface area contributed by atoms with Crippen LogP contribution >= 0.6 is 11.3 Å². The van der Waals surface area contributed by atoms with E-state index in [-0.39, 0.29) is 5.91 Å². The first-order valence-corrected chi connectivity index (χ1v) is 8.04. The molecule has 2 aromatic heterocycles. The number of aromatic nitrogens is 2. The second-order valence-electron chi connectivity index (χ2n) is 6.05. The summed E-state index contributed by atoms with van der Waals surface area (Å²) in [6.07, 6.45) is 0.545. The van der Waals surface area contributed by atoms with Gasteiger partial charge in [-0.3, -0.25) is 4.79 Å². The van der Waals surface area contributed by atoms with E-state index in [2.05, 4.69) is 15.3 Å². The highest BCUT2D eigenvalue weighted by Crippen LogP contribution is 2.25. The van der Waals surface area contributed by atoms with E-state index >= 15 is 0 Å².